The Labute approximate surface area is 78.1 Å². The van der Waals surface area contributed by atoms with Crippen molar-refractivity contribution >= 4 is 0 Å². The first kappa shape index (κ1) is 9.86. The quantitative estimate of drug-likeness (QED) is 0.738. The van der Waals surface area contributed by atoms with Gasteiger partial charge >= 0.3 is 0 Å². The van der Waals surface area contributed by atoms with Crippen molar-refractivity contribution in [3.05, 3.63) is 23.8 Å². The maximum atomic E-state index is 9.47. The van der Waals surface area contributed by atoms with Gasteiger partial charge in [0.05, 0.1) is 7.11 Å². The molecular formula is C10H15NO2. The van der Waals surface area contributed by atoms with Gasteiger partial charge in [-0.3, -0.25) is 0 Å². The molecule has 72 valence electrons. The molecule has 0 saturated heterocycles. The normalized spacial score (nSPS) is 12.5. The molecule has 3 nitrogen and oxygen atoms in total. The lowest BCUT2D eigenvalue weighted by atomic mass is 10.1. The van der Waals surface area contributed by atoms with Gasteiger partial charge in [0, 0.05) is 6.04 Å². The molecule has 1 aromatic carbocycles. The molecule has 0 aliphatic rings. The predicted molar refractivity (Wildman–Crippen MR) is 52.0 cm³/mol. The van der Waals surface area contributed by atoms with Crippen LogP contribution in [0.2, 0.25) is 0 Å². The summed E-state index contributed by atoms with van der Waals surface area (Å²) < 4.78 is 5.04. The van der Waals surface area contributed by atoms with Gasteiger partial charge in [-0.2, -0.15) is 0 Å². The molecule has 3 heteroatoms. The Morgan fingerprint density at radius 1 is 1.54 bits per heavy atom. The van der Waals surface area contributed by atoms with Crippen molar-refractivity contribution < 1.29 is 9.84 Å². The zero-order valence-electron chi connectivity index (χ0n) is 7.95. The molecule has 0 amide bonds. The van der Waals surface area contributed by atoms with Gasteiger partial charge in [0.15, 0.2) is 0 Å². The number of nitrogens with two attached hydrogens (primary N) is 1. The molecule has 0 aliphatic heterocycles. The van der Waals surface area contributed by atoms with Crippen LogP contribution in [0.1, 0.15) is 12.5 Å². The van der Waals surface area contributed by atoms with Crippen molar-refractivity contribution in [1.82, 2.24) is 0 Å². The molecule has 13 heavy (non-hydrogen) atoms. The lowest BCUT2D eigenvalue weighted by Gasteiger charge is -2.09. The Bertz CT molecular complexity index is 284. The van der Waals surface area contributed by atoms with Gasteiger partial charge in [0.1, 0.15) is 11.5 Å². The van der Waals surface area contributed by atoms with Crippen LogP contribution in [-0.2, 0) is 6.42 Å². The van der Waals surface area contributed by atoms with E-state index in [9.17, 15) is 5.11 Å². The summed E-state index contributed by atoms with van der Waals surface area (Å²) >= 11 is 0. The van der Waals surface area contributed by atoms with Crippen LogP contribution in [-0.4, -0.2) is 18.3 Å². The third-order valence-electron chi connectivity index (χ3n) is 1.83. The fraction of sp³-hybridized carbons (Fsp3) is 0.400. The largest absolute Gasteiger partial charge is 0.508 e. The first-order valence-electron chi connectivity index (χ1n) is 4.25. The second-order valence-electron chi connectivity index (χ2n) is 3.18. The minimum atomic E-state index is 0.0398. The zero-order chi connectivity index (χ0) is 9.84. The third-order valence-corrected chi connectivity index (χ3v) is 1.83. The van der Waals surface area contributed by atoms with Crippen LogP contribution in [0.5, 0.6) is 11.5 Å². The summed E-state index contributed by atoms with van der Waals surface area (Å²) in [6.45, 7) is 1.90. The van der Waals surface area contributed by atoms with Crippen molar-refractivity contribution in [2.24, 2.45) is 5.73 Å². The molecule has 3 N–H and O–H groups in total. The number of methoxy groups -OCH3 is 1. The number of hydrogen-bond acceptors (Lipinski definition) is 3. The van der Waals surface area contributed by atoms with Crippen LogP contribution in [0.15, 0.2) is 18.2 Å². The van der Waals surface area contributed by atoms with Crippen LogP contribution >= 0.6 is 0 Å². The summed E-state index contributed by atoms with van der Waals surface area (Å²) in [5, 5.41) is 9.47. The van der Waals surface area contributed by atoms with E-state index in [1.165, 1.54) is 0 Å². The average Bonchev–Trinajstić information content (AvgIpc) is 2.08. The highest BCUT2D eigenvalue weighted by Gasteiger charge is 2.05. The van der Waals surface area contributed by atoms with E-state index in [-0.39, 0.29) is 11.8 Å². The summed E-state index contributed by atoms with van der Waals surface area (Å²) in [5.41, 5.74) is 6.46. The van der Waals surface area contributed by atoms with Crippen LogP contribution in [0.4, 0.5) is 0 Å². The van der Waals surface area contributed by atoms with Crippen LogP contribution in [0, 0.1) is 0 Å². The number of aromatic hydroxyl groups is 1. The number of phenols is 1. The lowest BCUT2D eigenvalue weighted by Crippen LogP contribution is -2.17. The molecular weight excluding hydrogens is 166 g/mol. The Balaban J connectivity index is 2.90. The van der Waals surface area contributed by atoms with Crippen molar-refractivity contribution in [3.8, 4) is 11.5 Å². The topological polar surface area (TPSA) is 55.5 Å². The molecule has 1 atom stereocenters. The molecule has 0 fully saturated rings. The molecule has 1 rings (SSSR count). The summed E-state index contributed by atoms with van der Waals surface area (Å²) in [4.78, 5) is 0. The summed E-state index contributed by atoms with van der Waals surface area (Å²) in [6, 6.07) is 5.19. The van der Waals surface area contributed by atoms with Gasteiger partial charge in [0.25, 0.3) is 0 Å². The number of benzene rings is 1. The second-order valence-corrected chi connectivity index (χ2v) is 3.18. The Morgan fingerprint density at radius 3 is 2.77 bits per heavy atom. The molecule has 1 aromatic rings. The van der Waals surface area contributed by atoms with Gasteiger partial charge in [-0.15, -0.1) is 0 Å². The van der Waals surface area contributed by atoms with E-state index in [2.05, 4.69) is 0 Å². The van der Waals surface area contributed by atoms with Crippen LogP contribution in [0.25, 0.3) is 0 Å². The number of hydrogen-bond donors (Lipinski definition) is 2. The monoisotopic (exact) mass is 181 g/mol. The number of ether oxygens (including phenoxy) is 1. The van der Waals surface area contributed by atoms with Gasteiger partial charge < -0.3 is 15.6 Å². The third kappa shape index (κ3) is 2.63. The molecule has 0 radical (unpaired) electrons. The second kappa shape index (κ2) is 4.14. The van der Waals surface area contributed by atoms with Gasteiger partial charge in [-0.25, -0.2) is 0 Å². The van der Waals surface area contributed by atoms with Crippen molar-refractivity contribution in [2.45, 2.75) is 19.4 Å². The van der Waals surface area contributed by atoms with Crippen LogP contribution < -0.4 is 10.5 Å². The predicted octanol–water partition coefficient (Wildman–Crippen LogP) is 1.29. The smallest absolute Gasteiger partial charge is 0.119 e. The molecule has 0 aliphatic carbocycles. The zero-order valence-corrected chi connectivity index (χ0v) is 7.95. The van der Waals surface area contributed by atoms with Crippen LogP contribution in [0.3, 0.4) is 0 Å². The van der Waals surface area contributed by atoms with Crippen molar-refractivity contribution in [2.75, 3.05) is 7.11 Å². The fourth-order valence-corrected chi connectivity index (χ4v) is 1.20. The maximum Gasteiger partial charge on any atom is 0.119 e. The molecule has 0 saturated carbocycles. The van der Waals surface area contributed by atoms with Crippen molar-refractivity contribution in [1.29, 1.82) is 0 Å². The molecule has 0 aromatic heterocycles. The summed E-state index contributed by atoms with van der Waals surface area (Å²) in [7, 11) is 1.60. The highest BCUT2D eigenvalue weighted by atomic mass is 16.5. The summed E-state index contributed by atoms with van der Waals surface area (Å²) in [6.07, 6.45) is 0.656. The van der Waals surface area contributed by atoms with E-state index in [1.54, 1.807) is 25.3 Å². The van der Waals surface area contributed by atoms with Gasteiger partial charge in [0.2, 0.25) is 0 Å². The standard InChI is InChI=1S/C10H15NO2/c1-7(11)5-8-6-9(13-2)3-4-10(8)12/h3-4,6-7,12H,5,11H2,1-2H3/t7-/m0/s1. The fourth-order valence-electron chi connectivity index (χ4n) is 1.20. The van der Waals surface area contributed by atoms with E-state index in [0.29, 0.717) is 6.42 Å². The van der Waals surface area contributed by atoms with Gasteiger partial charge in [-0.05, 0) is 37.1 Å². The SMILES string of the molecule is COc1ccc(O)c(C[C@H](C)N)c1. The number of rotatable bonds is 3. The highest BCUT2D eigenvalue weighted by Crippen LogP contribution is 2.23. The average molecular weight is 181 g/mol. The lowest BCUT2D eigenvalue weighted by molar-refractivity contribution is 0.410. The van der Waals surface area contributed by atoms with Gasteiger partial charge in [-0.1, -0.05) is 0 Å². The molecule has 0 spiro atoms. The minimum Gasteiger partial charge on any atom is -0.508 e. The Morgan fingerprint density at radius 2 is 2.23 bits per heavy atom. The van der Waals surface area contributed by atoms with E-state index in [4.69, 9.17) is 10.5 Å². The number of phenolic OH excluding ortho intramolecular Hbond substituents is 1. The van der Waals surface area contributed by atoms with E-state index >= 15 is 0 Å². The molecule has 0 unspecified atom stereocenters. The molecule has 0 heterocycles. The highest BCUT2D eigenvalue weighted by molar-refractivity contribution is 5.39. The van der Waals surface area contributed by atoms with E-state index < -0.39 is 0 Å². The summed E-state index contributed by atoms with van der Waals surface area (Å²) in [5.74, 6) is 1.02. The first-order valence-corrected chi connectivity index (χ1v) is 4.25. The van der Waals surface area contributed by atoms with E-state index in [1.807, 2.05) is 6.92 Å². The van der Waals surface area contributed by atoms with E-state index in [0.717, 1.165) is 11.3 Å². The minimum absolute atomic E-state index is 0.0398. The van der Waals surface area contributed by atoms with Crippen molar-refractivity contribution in [3.63, 3.8) is 0 Å². The Kier molecular flexibility index (Phi) is 3.14. The molecule has 0 bridgehead atoms. The Hall–Kier alpha value is -1.22. The maximum absolute atomic E-state index is 9.47. The first-order chi connectivity index (χ1) is 6.13.